The second-order valence-electron chi connectivity index (χ2n) is 6.01. The van der Waals surface area contributed by atoms with Gasteiger partial charge >= 0.3 is 6.03 Å². The standard InChI is InChI=1S/C17H24N2O3/c1-21-15-8-7-14(19-10-3-9-18-17(19)20)12-16(15)22-11-2-4-13-5-6-13/h7-8,12-13H,2-6,9-11H2,1H3,(H,18,20). The van der Waals surface area contributed by atoms with E-state index in [9.17, 15) is 4.79 Å². The van der Waals surface area contributed by atoms with Gasteiger partial charge in [0.25, 0.3) is 0 Å². The number of rotatable bonds is 7. The van der Waals surface area contributed by atoms with Crippen molar-refractivity contribution >= 4 is 11.7 Å². The highest BCUT2D eigenvalue weighted by Gasteiger charge is 2.22. The van der Waals surface area contributed by atoms with Crippen molar-refractivity contribution in [2.75, 3.05) is 31.7 Å². The average Bonchev–Trinajstić information content (AvgIpc) is 3.36. The number of benzene rings is 1. The smallest absolute Gasteiger partial charge is 0.321 e. The van der Waals surface area contributed by atoms with Crippen molar-refractivity contribution in [2.45, 2.75) is 32.1 Å². The quantitative estimate of drug-likeness (QED) is 0.787. The lowest BCUT2D eigenvalue weighted by atomic mass is 10.2. The van der Waals surface area contributed by atoms with Crippen LogP contribution in [0.4, 0.5) is 10.5 Å². The molecule has 0 radical (unpaired) electrons. The summed E-state index contributed by atoms with van der Waals surface area (Å²) >= 11 is 0. The SMILES string of the molecule is COc1ccc(N2CCCNC2=O)cc1OCCCC1CC1. The summed E-state index contributed by atoms with van der Waals surface area (Å²) in [7, 11) is 1.64. The molecule has 120 valence electrons. The van der Waals surface area contributed by atoms with Gasteiger partial charge in [-0.05, 0) is 37.3 Å². The fraction of sp³-hybridized carbons (Fsp3) is 0.588. The molecule has 1 aliphatic heterocycles. The molecule has 0 bridgehead atoms. The first kappa shape index (κ1) is 15.0. The summed E-state index contributed by atoms with van der Waals surface area (Å²) < 4.78 is 11.3. The molecule has 0 aromatic heterocycles. The number of carbonyl (C=O) groups excluding carboxylic acids is 1. The first-order chi connectivity index (χ1) is 10.8. The Morgan fingerprint density at radius 2 is 2.18 bits per heavy atom. The number of carbonyl (C=O) groups is 1. The molecule has 1 aromatic carbocycles. The average molecular weight is 304 g/mol. The van der Waals surface area contributed by atoms with E-state index in [1.54, 1.807) is 12.0 Å². The summed E-state index contributed by atoms with van der Waals surface area (Å²) in [6, 6.07) is 5.63. The van der Waals surface area contributed by atoms with Gasteiger partial charge in [0.15, 0.2) is 11.5 Å². The lowest BCUT2D eigenvalue weighted by Crippen LogP contribution is -2.46. The zero-order chi connectivity index (χ0) is 15.4. The highest BCUT2D eigenvalue weighted by Crippen LogP contribution is 2.35. The molecular formula is C17H24N2O3. The van der Waals surface area contributed by atoms with E-state index in [2.05, 4.69) is 5.32 Å². The van der Waals surface area contributed by atoms with Crippen molar-refractivity contribution in [3.63, 3.8) is 0 Å². The Balaban J connectivity index is 1.66. The summed E-state index contributed by atoms with van der Waals surface area (Å²) in [6.45, 7) is 2.18. The summed E-state index contributed by atoms with van der Waals surface area (Å²) in [5, 5.41) is 2.87. The highest BCUT2D eigenvalue weighted by atomic mass is 16.5. The minimum atomic E-state index is -0.0453. The Morgan fingerprint density at radius 1 is 1.32 bits per heavy atom. The molecule has 0 unspecified atom stereocenters. The predicted molar refractivity (Wildman–Crippen MR) is 85.8 cm³/mol. The van der Waals surface area contributed by atoms with Gasteiger partial charge in [-0.1, -0.05) is 12.8 Å². The second-order valence-corrected chi connectivity index (χ2v) is 6.01. The minimum absolute atomic E-state index is 0.0453. The van der Waals surface area contributed by atoms with Crippen LogP contribution in [0.2, 0.25) is 0 Å². The highest BCUT2D eigenvalue weighted by molar-refractivity contribution is 5.93. The van der Waals surface area contributed by atoms with Crippen LogP contribution in [0.1, 0.15) is 32.1 Å². The van der Waals surface area contributed by atoms with Gasteiger partial charge in [-0.2, -0.15) is 0 Å². The van der Waals surface area contributed by atoms with Gasteiger partial charge in [0.05, 0.1) is 13.7 Å². The summed E-state index contributed by atoms with van der Waals surface area (Å²) in [5.41, 5.74) is 0.857. The second kappa shape index (κ2) is 6.90. The first-order valence-electron chi connectivity index (χ1n) is 8.14. The van der Waals surface area contributed by atoms with Crippen molar-refractivity contribution in [2.24, 2.45) is 5.92 Å². The first-order valence-corrected chi connectivity index (χ1v) is 8.14. The maximum absolute atomic E-state index is 11.9. The third-order valence-corrected chi connectivity index (χ3v) is 4.25. The Morgan fingerprint density at radius 3 is 2.91 bits per heavy atom. The molecule has 2 fully saturated rings. The van der Waals surface area contributed by atoms with E-state index in [0.717, 1.165) is 37.5 Å². The lowest BCUT2D eigenvalue weighted by Gasteiger charge is -2.28. The Bertz CT molecular complexity index is 529. The number of nitrogens with one attached hydrogen (secondary N) is 1. The molecular weight excluding hydrogens is 280 g/mol. The third-order valence-electron chi connectivity index (χ3n) is 4.25. The van der Waals surface area contributed by atoms with Gasteiger partial charge in [-0.3, -0.25) is 4.90 Å². The molecule has 2 aliphatic rings. The largest absolute Gasteiger partial charge is 0.493 e. The Kier molecular flexibility index (Phi) is 4.71. The summed E-state index contributed by atoms with van der Waals surface area (Å²) in [4.78, 5) is 13.7. The predicted octanol–water partition coefficient (Wildman–Crippen LogP) is 3.18. The maximum atomic E-state index is 11.9. The van der Waals surface area contributed by atoms with Crippen LogP contribution in [0.25, 0.3) is 0 Å². The van der Waals surface area contributed by atoms with Crippen LogP contribution in [0.15, 0.2) is 18.2 Å². The van der Waals surface area contributed by atoms with Crippen LogP contribution in [0.3, 0.4) is 0 Å². The number of ether oxygens (including phenoxy) is 2. The van der Waals surface area contributed by atoms with E-state index in [4.69, 9.17) is 9.47 Å². The minimum Gasteiger partial charge on any atom is -0.493 e. The number of hydrogen-bond acceptors (Lipinski definition) is 3. The molecule has 5 heteroatoms. The molecule has 1 aromatic rings. The van der Waals surface area contributed by atoms with Gasteiger partial charge in [0, 0.05) is 24.8 Å². The molecule has 2 amide bonds. The monoisotopic (exact) mass is 304 g/mol. The Hall–Kier alpha value is -1.91. The fourth-order valence-corrected chi connectivity index (χ4v) is 2.78. The number of methoxy groups -OCH3 is 1. The molecule has 1 saturated heterocycles. The molecule has 5 nitrogen and oxygen atoms in total. The number of anilines is 1. The number of amides is 2. The van der Waals surface area contributed by atoms with Crippen molar-refractivity contribution < 1.29 is 14.3 Å². The Labute approximate surface area is 131 Å². The molecule has 22 heavy (non-hydrogen) atoms. The van der Waals surface area contributed by atoms with E-state index in [-0.39, 0.29) is 6.03 Å². The lowest BCUT2D eigenvalue weighted by molar-refractivity contribution is 0.242. The van der Waals surface area contributed by atoms with Crippen LogP contribution in [0.5, 0.6) is 11.5 Å². The molecule has 1 aliphatic carbocycles. The number of hydrogen-bond donors (Lipinski definition) is 1. The van der Waals surface area contributed by atoms with E-state index in [0.29, 0.717) is 18.1 Å². The molecule has 1 heterocycles. The van der Waals surface area contributed by atoms with Gasteiger partial charge in [0.2, 0.25) is 0 Å². The van der Waals surface area contributed by atoms with Crippen LogP contribution in [0, 0.1) is 5.92 Å². The number of urea groups is 1. The van der Waals surface area contributed by atoms with Gasteiger partial charge in [-0.15, -0.1) is 0 Å². The van der Waals surface area contributed by atoms with Crippen molar-refractivity contribution in [3.8, 4) is 11.5 Å². The van der Waals surface area contributed by atoms with Gasteiger partial charge in [0.1, 0.15) is 0 Å². The van der Waals surface area contributed by atoms with Crippen LogP contribution < -0.4 is 19.7 Å². The molecule has 0 atom stereocenters. The molecule has 3 rings (SSSR count). The van der Waals surface area contributed by atoms with E-state index >= 15 is 0 Å². The summed E-state index contributed by atoms with van der Waals surface area (Å²) in [5.74, 6) is 2.36. The van der Waals surface area contributed by atoms with Crippen molar-refractivity contribution in [1.82, 2.24) is 5.32 Å². The van der Waals surface area contributed by atoms with Crippen molar-refractivity contribution in [3.05, 3.63) is 18.2 Å². The normalized spacial score (nSPS) is 18.0. The fourth-order valence-electron chi connectivity index (χ4n) is 2.78. The topological polar surface area (TPSA) is 50.8 Å². The van der Waals surface area contributed by atoms with E-state index in [1.807, 2.05) is 18.2 Å². The molecule has 1 N–H and O–H groups in total. The van der Waals surface area contributed by atoms with Gasteiger partial charge in [-0.25, -0.2) is 4.79 Å². The number of nitrogens with zero attached hydrogens (tertiary/aromatic N) is 1. The van der Waals surface area contributed by atoms with Crippen LogP contribution in [-0.4, -0.2) is 32.8 Å². The molecule has 1 saturated carbocycles. The zero-order valence-electron chi connectivity index (χ0n) is 13.1. The van der Waals surface area contributed by atoms with Crippen LogP contribution in [-0.2, 0) is 0 Å². The van der Waals surface area contributed by atoms with Gasteiger partial charge < -0.3 is 14.8 Å². The van der Waals surface area contributed by atoms with Crippen molar-refractivity contribution in [1.29, 1.82) is 0 Å². The maximum Gasteiger partial charge on any atom is 0.321 e. The van der Waals surface area contributed by atoms with E-state index in [1.165, 1.54) is 19.3 Å². The summed E-state index contributed by atoms with van der Waals surface area (Å²) in [6.07, 6.45) is 6.03. The van der Waals surface area contributed by atoms with Crippen LogP contribution >= 0.6 is 0 Å². The van der Waals surface area contributed by atoms with E-state index < -0.39 is 0 Å². The molecule has 0 spiro atoms. The third kappa shape index (κ3) is 3.64. The zero-order valence-corrected chi connectivity index (χ0v) is 13.1.